The molecule has 0 aliphatic carbocycles. The number of aryl methyl sites for hydroxylation is 2. The number of rotatable bonds is 12. The van der Waals surface area contributed by atoms with Gasteiger partial charge in [-0.2, -0.15) is 0 Å². The molecule has 0 radical (unpaired) electrons. The number of hydrogen-bond acceptors (Lipinski definition) is 6. The molecule has 8 heteroatoms. The van der Waals surface area contributed by atoms with E-state index in [2.05, 4.69) is 82.1 Å². The molecule has 0 fully saturated rings. The summed E-state index contributed by atoms with van der Waals surface area (Å²) < 4.78 is 4.28. The van der Waals surface area contributed by atoms with Gasteiger partial charge in [0.05, 0.1) is 7.57 Å². The third-order valence-electron chi connectivity index (χ3n) is 8.76. The minimum absolute atomic E-state index is 0.126. The second-order valence-electron chi connectivity index (χ2n) is 11.7. The van der Waals surface area contributed by atoms with Crippen molar-refractivity contribution in [2.75, 3.05) is 0 Å². The van der Waals surface area contributed by atoms with E-state index < -0.39 is 0 Å². The summed E-state index contributed by atoms with van der Waals surface area (Å²) in [6, 6.07) is 12.6. The van der Waals surface area contributed by atoms with Gasteiger partial charge in [0.1, 0.15) is 0 Å². The van der Waals surface area contributed by atoms with Gasteiger partial charge in [0.15, 0.2) is 10.9 Å². The average Bonchev–Trinajstić information content (AvgIpc) is 3.85. The van der Waals surface area contributed by atoms with Crippen LogP contribution in [-0.4, -0.2) is 0 Å². The van der Waals surface area contributed by atoms with Gasteiger partial charge in [-0.05, 0) is 105 Å². The van der Waals surface area contributed by atoms with Gasteiger partial charge >= 0.3 is 0 Å². The van der Waals surface area contributed by atoms with E-state index in [1.807, 2.05) is 0 Å². The Hall–Kier alpha value is -1.68. The van der Waals surface area contributed by atoms with Crippen LogP contribution in [-0.2, 0) is 12.8 Å². The Bertz CT molecular complexity index is 2080. The predicted molar refractivity (Wildman–Crippen MR) is 205 cm³/mol. The SMILES string of the molecule is CCCCCCc1c(-c2ccc(Br)s2)sc2c1c(=O)c1cc3c(cc12)c(=O)c1c(CCCCCC)c(-c2ccc(Br)s2)sc13. The van der Waals surface area contributed by atoms with E-state index in [4.69, 9.17) is 0 Å². The summed E-state index contributed by atoms with van der Waals surface area (Å²) in [4.78, 5) is 33.4. The molecule has 0 aliphatic rings. The standard InChI is InChI=1S/C36H32Br2O2S4/c1-3-5-7-9-11-19-29-31(39)21-17-24-22(18-23(21)35(29)43-33(19)25-13-15-27(37)41-25)32(40)30-20(12-10-8-6-4-2)34(44-36(24)30)26-14-16-28(38)42-26/h13-18H,3-12H2,1-2H3. The highest BCUT2D eigenvalue weighted by molar-refractivity contribution is 9.11. The fraction of sp³-hybridized carbons (Fsp3) is 0.333. The molecule has 0 bridgehead atoms. The number of fused-ring (bicyclic) bond motifs is 6. The molecule has 7 aromatic rings. The summed E-state index contributed by atoms with van der Waals surface area (Å²) in [6.45, 7) is 4.46. The van der Waals surface area contributed by atoms with Crippen molar-refractivity contribution in [1.29, 1.82) is 0 Å². The highest BCUT2D eigenvalue weighted by Gasteiger charge is 2.26. The van der Waals surface area contributed by atoms with Crippen molar-refractivity contribution in [3.63, 3.8) is 0 Å². The van der Waals surface area contributed by atoms with Crippen LogP contribution < -0.4 is 10.9 Å². The third-order valence-corrected chi connectivity index (χ3v) is 14.9. The first-order valence-electron chi connectivity index (χ1n) is 15.5. The lowest BCUT2D eigenvalue weighted by Crippen LogP contribution is -1.99. The van der Waals surface area contributed by atoms with Crippen molar-refractivity contribution < 1.29 is 0 Å². The molecule has 2 nitrogen and oxygen atoms in total. The lowest BCUT2D eigenvalue weighted by Gasteiger charge is -2.03. The Morgan fingerprint density at radius 2 is 0.977 bits per heavy atom. The van der Waals surface area contributed by atoms with Crippen molar-refractivity contribution in [3.05, 3.63) is 75.5 Å². The van der Waals surface area contributed by atoms with Crippen LogP contribution in [0.25, 0.3) is 61.2 Å². The molecule has 0 unspecified atom stereocenters. The Morgan fingerprint density at radius 1 is 0.545 bits per heavy atom. The summed E-state index contributed by atoms with van der Waals surface area (Å²) in [5.41, 5.74) is 2.64. The number of unbranched alkanes of at least 4 members (excludes halogenated alkanes) is 6. The number of benzene rings is 1. The van der Waals surface area contributed by atoms with Gasteiger partial charge in [-0.25, -0.2) is 0 Å². The van der Waals surface area contributed by atoms with Crippen LogP contribution in [0.4, 0.5) is 0 Å². The molecule has 7 rings (SSSR count). The van der Waals surface area contributed by atoms with Crippen molar-refractivity contribution in [2.24, 2.45) is 0 Å². The number of halogens is 2. The van der Waals surface area contributed by atoms with E-state index in [0.29, 0.717) is 0 Å². The molecular weight excluding hydrogens is 752 g/mol. The number of thiophene rings is 4. The molecule has 3 aromatic carbocycles. The van der Waals surface area contributed by atoms with Crippen LogP contribution in [0.3, 0.4) is 0 Å². The van der Waals surface area contributed by atoms with E-state index in [-0.39, 0.29) is 10.9 Å². The summed E-state index contributed by atoms with van der Waals surface area (Å²) in [5.74, 6) is 0. The second-order valence-corrected chi connectivity index (χ2v) is 18.6. The molecule has 0 atom stereocenters. The predicted octanol–water partition coefficient (Wildman–Crippen LogP) is 13.2. The Labute approximate surface area is 289 Å². The van der Waals surface area contributed by atoms with Crippen molar-refractivity contribution in [3.8, 4) is 19.5 Å². The maximum absolute atomic E-state index is 14.3. The topological polar surface area (TPSA) is 34.1 Å². The zero-order valence-electron chi connectivity index (χ0n) is 24.7. The fourth-order valence-corrected chi connectivity index (χ4v) is 12.4. The van der Waals surface area contributed by atoms with Crippen molar-refractivity contribution >= 4 is 119 Å². The van der Waals surface area contributed by atoms with Gasteiger partial charge < -0.3 is 0 Å². The summed E-state index contributed by atoms with van der Waals surface area (Å²) in [7, 11) is 0. The molecule has 4 heterocycles. The zero-order valence-corrected chi connectivity index (χ0v) is 31.2. The Balaban J connectivity index is 1.44. The molecule has 0 spiro atoms. The summed E-state index contributed by atoms with van der Waals surface area (Å²) in [5, 5.41) is 5.17. The third kappa shape index (κ3) is 5.31. The average molecular weight is 785 g/mol. The van der Waals surface area contributed by atoms with Crippen LogP contribution >= 0.6 is 77.2 Å². The first-order chi connectivity index (χ1) is 21.4. The molecule has 0 saturated heterocycles. The quantitative estimate of drug-likeness (QED) is 0.116. The highest BCUT2D eigenvalue weighted by atomic mass is 79.9. The smallest absolute Gasteiger partial charge is 0.195 e. The normalized spacial score (nSPS) is 12.3. The molecule has 0 aliphatic heterocycles. The minimum Gasteiger partial charge on any atom is -0.289 e. The van der Waals surface area contributed by atoms with E-state index in [1.165, 1.54) is 69.2 Å². The molecule has 0 saturated carbocycles. The molecule has 44 heavy (non-hydrogen) atoms. The maximum Gasteiger partial charge on any atom is 0.195 e. The molecule has 226 valence electrons. The fourth-order valence-electron chi connectivity index (χ4n) is 6.62. The lowest BCUT2D eigenvalue weighted by atomic mass is 10.0. The Kier molecular flexibility index (Phi) is 9.03. The van der Waals surface area contributed by atoms with Crippen LogP contribution in [0.2, 0.25) is 0 Å². The van der Waals surface area contributed by atoms with E-state index in [1.54, 1.807) is 45.3 Å². The van der Waals surface area contributed by atoms with Gasteiger partial charge in [-0.3, -0.25) is 9.59 Å². The molecular formula is C36H32Br2O2S4. The Morgan fingerprint density at radius 3 is 1.34 bits per heavy atom. The summed E-state index contributed by atoms with van der Waals surface area (Å²) in [6.07, 6.45) is 11.1. The lowest BCUT2D eigenvalue weighted by molar-refractivity contribution is 0.669. The van der Waals surface area contributed by atoms with E-state index in [9.17, 15) is 9.59 Å². The van der Waals surface area contributed by atoms with Gasteiger partial charge in [-0.15, -0.1) is 45.3 Å². The van der Waals surface area contributed by atoms with Crippen molar-refractivity contribution in [2.45, 2.75) is 78.1 Å². The monoisotopic (exact) mass is 782 g/mol. The van der Waals surface area contributed by atoms with Crippen LogP contribution in [0.5, 0.6) is 0 Å². The molecule has 4 aromatic heterocycles. The number of hydrogen-bond donors (Lipinski definition) is 0. The first-order valence-corrected chi connectivity index (χ1v) is 20.4. The summed E-state index contributed by atoms with van der Waals surface area (Å²) >= 11 is 14.2. The van der Waals surface area contributed by atoms with Gasteiger partial charge in [0.2, 0.25) is 0 Å². The van der Waals surface area contributed by atoms with Crippen LogP contribution in [0.15, 0.2) is 53.6 Å². The van der Waals surface area contributed by atoms with Gasteiger partial charge in [0.25, 0.3) is 0 Å². The zero-order chi connectivity index (χ0) is 30.5. The van der Waals surface area contributed by atoms with E-state index in [0.717, 1.165) is 75.0 Å². The van der Waals surface area contributed by atoms with Crippen LogP contribution in [0, 0.1) is 0 Å². The van der Waals surface area contributed by atoms with Crippen LogP contribution in [0.1, 0.15) is 76.3 Å². The second kappa shape index (κ2) is 12.8. The van der Waals surface area contributed by atoms with Gasteiger partial charge in [0, 0.05) is 61.2 Å². The molecule has 0 N–H and O–H groups in total. The molecule has 0 amide bonds. The largest absolute Gasteiger partial charge is 0.289 e. The first kappa shape index (κ1) is 30.9. The minimum atomic E-state index is 0.126. The van der Waals surface area contributed by atoms with Gasteiger partial charge in [-0.1, -0.05) is 52.4 Å². The maximum atomic E-state index is 14.3. The van der Waals surface area contributed by atoms with Crippen molar-refractivity contribution in [1.82, 2.24) is 0 Å². The highest BCUT2D eigenvalue weighted by Crippen LogP contribution is 2.48. The van der Waals surface area contributed by atoms with E-state index >= 15 is 0 Å².